The quantitative estimate of drug-likeness (QED) is 0.725. The van der Waals surface area contributed by atoms with Gasteiger partial charge in [-0.1, -0.05) is 35.9 Å². The second-order valence-electron chi connectivity index (χ2n) is 7.42. The number of likely N-dealkylation sites (tertiary alicyclic amines) is 1. The van der Waals surface area contributed by atoms with Crippen molar-refractivity contribution in [1.82, 2.24) is 4.90 Å². The SMILES string of the molecule is O=C(O)CC(CN1CCC(Cc2ccc(F)cc2)CC1)c1ccc(Cl)cc1. The second-order valence-corrected chi connectivity index (χ2v) is 7.86. The molecular formula is C22H25ClFNO2. The lowest BCUT2D eigenvalue weighted by atomic mass is 9.88. The van der Waals surface area contributed by atoms with Crippen molar-refractivity contribution in [1.29, 1.82) is 0 Å². The Morgan fingerprint density at radius 1 is 1.11 bits per heavy atom. The van der Waals surface area contributed by atoms with Gasteiger partial charge in [0, 0.05) is 17.5 Å². The van der Waals surface area contributed by atoms with Crippen molar-refractivity contribution in [3.05, 3.63) is 70.5 Å². The maximum absolute atomic E-state index is 13.0. The zero-order valence-corrected chi connectivity index (χ0v) is 16.0. The van der Waals surface area contributed by atoms with E-state index in [1.807, 2.05) is 36.4 Å². The Kier molecular flexibility index (Phi) is 6.86. The lowest BCUT2D eigenvalue weighted by molar-refractivity contribution is -0.137. The van der Waals surface area contributed by atoms with Gasteiger partial charge in [-0.2, -0.15) is 0 Å². The molecule has 0 aromatic heterocycles. The van der Waals surface area contributed by atoms with E-state index in [1.165, 1.54) is 17.7 Å². The molecule has 1 fully saturated rings. The number of rotatable bonds is 7. The van der Waals surface area contributed by atoms with Crippen molar-refractivity contribution in [2.75, 3.05) is 19.6 Å². The molecule has 3 nitrogen and oxygen atoms in total. The Balaban J connectivity index is 1.54. The highest BCUT2D eigenvalue weighted by molar-refractivity contribution is 6.30. The molecule has 0 spiro atoms. The van der Waals surface area contributed by atoms with Gasteiger partial charge in [0.25, 0.3) is 0 Å². The van der Waals surface area contributed by atoms with Crippen LogP contribution >= 0.6 is 11.6 Å². The van der Waals surface area contributed by atoms with E-state index in [4.69, 9.17) is 11.6 Å². The van der Waals surface area contributed by atoms with Crippen LogP contribution in [-0.4, -0.2) is 35.6 Å². The second kappa shape index (κ2) is 9.34. The molecule has 0 radical (unpaired) electrons. The Hall–Kier alpha value is -1.91. The molecule has 0 amide bonds. The molecule has 27 heavy (non-hydrogen) atoms. The van der Waals surface area contributed by atoms with E-state index >= 15 is 0 Å². The first-order valence-electron chi connectivity index (χ1n) is 9.43. The molecule has 1 aliphatic rings. The Bertz CT molecular complexity index is 740. The minimum Gasteiger partial charge on any atom is -0.481 e. The molecule has 1 aliphatic heterocycles. The first-order chi connectivity index (χ1) is 13.0. The molecule has 1 N–H and O–H groups in total. The third-order valence-electron chi connectivity index (χ3n) is 5.39. The van der Waals surface area contributed by atoms with E-state index in [-0.39, 0.29) is 18.2 Å². The predicted molar refractivity (Wildman–Crippen MR) is 106 cm³/mol. The van der Waals surface area contributed by atoms with Crippen molar-refractivity contribution >= 4 is 17.6 Å². The molecular weight excluding hydrogens is 365 g/mol. The highest BCUT2D eigenvalue weighted by atomic mass is 35.5. The maximum Gasteiger partial charge on any atom is 0.304 e. The fourth-order valence-electron chi connectivity index (χ4n) is 3.87. The summed E-state index contributed by atoms with van der Waals surface area (Å²) < 4.78 is 13.0. The molecule has 0 bridgehead atoms. The van der Waals surface area contributed by atoms with Crippen LogP contribution < -0.4 is 0 Å². The van der Waals surface area contributed by atoms with Crippen LogP contribution in [0.25, 0.3) is 0 Å². The molecule has 1 saturated heterocycles. The molecule has 2 aromatic carbocycles. The normalized spacial score (nSPS) is 17.0. The monoisotopic (exact) mass is 389 g/mol. The van der Waals surface area contributed by atoms with Crippen molar-refractivity contribution in [3.63, 3.8) is 0 Å². The summed E-state index contributed by atoms with van der Waals surface area (Å²) in [5.74, 6) is -0.407. The van der Waals surface area contributed by atoms with E-state index in [0.717, 1.165) is 44.5 Å². The van der Waals surface area contributed by atoms with Crippen LogP contribution in [0.4, 0.5) is 4.39 Å². The molecule has 0 aliphatic carbocycles. The van der Waals surface area contributed by atoms with Crippen LogP contribution in [-0.2, 0) is 11.2 Å². The van der Waals surface area contributed by atoms with Gasteiger partial charge in [-0.25, -0.2) is 4.39 Å². The number of halogens is 2. The van der Waals surface area contributed by atoms with Crippen LogP contribution in [0.1, 0.15) is 36.3 Å². The molecule has 144 valence electrons. The molecule has 1 heterocycles. The third kappa shape index (κ3) is 6.05. The fourth-order valence-corrected chi connectivity index (χ4v) is 4.00. The Labute approximate surface area is 164 Å². The summed E-state index contributed by atoms with van der Waals surface area (Å²) in [4.78, 5) is 13.7. The molecule has 5 heteroatoms. The first kappa shape index (κ1) is 19.8. The number of carboxylic acid groups (broad SMARTS) is 1. The highest BCUT2D eigenvalue weighted by Crippen LogP contribution is 2.27. The smallest absolute Gasteiger partial charge is 0.304 e. The number of hydrogen-bond donors (Lipinski definition) is 1. The zero-order valence-electron chi connectivity index (χ0n) is 15.3. The minimum absolute atomic E-state index is 0.0339. The summed E-state index contributed by atoms with van der Waals surface area (Å²) in [5, 5.41) is 9.95. The van der Waals surface area contributed by atoms with Gasteiger partial charge in [-0.05, 0) is 73.7 Å². The molecule has 0 saturated carbocycles. The van der Waals surface area contributed by atoms with Crippen molar-refractivity contribution < 1.29 is 14.3 Å². The minimum atomic E-state index is -0.777. The molecule has 1 atom stereocenters. The maximum atomic E-state index is 13.0. The van der Waals surface area contributed by atoms with Gasteiger partial charge in [-0.15, -0.1) is 0 Å². The number of aliphatic carboxylic acids is 1. The first-order valence-corrected chi connectivity index (χ1v) is 9.81. The Morgan fingerprint density at radius 3 is 2.33 bits per heavy atom. The van der Waals surface area contributed by atoms with Crippen molar-refractivity contribution in [2.24, 2.45) is 5.92 Å². The molecule has 2 aromatic rings. The Morgan fingerprint density at radius 2 is 1.74 bits per heavy atom. The summed E-state index contributed by atoms with van der Waals surface area (Å²) in [6, 6.07) is 14.3. The number of carboxylic acids is 1. The molecule has 3 rings (SSSR count). The summed E-state index contributed by atoms with van der Waals surface area (Å²) >= 11 is 5.96. The topological polar surface area (TPSA) is 40.5 Å². The molecule has 1 unspecified atom stereocenters. The summed E-state index contributed by atoms with van der Waals surface area (Å²) in [6.45, 7) is 2.68. The summed E-state index contributed by atoms with van der Waals surface area (Å²) in [5.41, 5.74) is 2.20. The van der Waals surface area contributed by atoms with Gasteiger partial charge in [0.15, 0.2) is 0 Å². The van der Waals surface area contributed by atoms with Crippen molar-refractivity contribution in [2.45, 2.75) is 31.6 Å². The van der Waals surface area contributed by atoms with Gasteiger partial charge in [-0.3, -0.25) is 4.79 Å². The zero-order chi connectivity index (χ0) is 19.2. The number of hydrogen-bond acceptors (Lipinski definition) is 2. The van der Waals surface area contributed by atoms with Crippen LogP contribution in [0.2, 0.25) is 5.02 Å². The lowest BCUT2D eigenvalue weighted by Crippen LogP contribution is -2.37. The summed E-state index contributed by atoms with van der Waals surface area (Å²) in [6.07, 6.45) is 3.26. The number of nitrogens with zero attached hydrogens (tertiary/aromatic N) is 1. The van der Waals surface area contributed by atoms with Gasteiger partial charge >= 0.3 is 5.97 Å². The lowest BCUT2D eigenvalue weighted by Gasteiger charge is -2.34. The van der Waals surface area contributed by atoms with E-state index in [2.05, 4.69) is 4.90 Å². The van der Waals surface area contributed by atoms with Gasteiger partial charge in [0.05, 0.1) is 6.42 Å². The van der Waals surface area contributed by atoms with E-state index in [9.17, 15) is 14.3 Å². The average molecular weight is 390 g/mol. The highest BCUT2D eigenvalue weighted by Gasteiger charge is 2.24. The van der Waals surface area contributed by atoms with Gasteiger partial charge in [0.2, 0.25) is 0 Å². The average Bonchev–Trinajstić information content (AvgIpc) is 2.65. The largest absolute Gasteiger partial charge is 0.481 e. The van der Waals surface area contributed by atoms with Crippen LogP contribution in [0.3, 0.4) is 0 Å². The van der Waals surface area contributed by atoms with Crippen molar-refractivity contribution in [3.8, 4) is 0 Å². The van der Waals surface area contributed by atoms with Gasteiger partial charge in [0.1, 0.15) is 5.82 Å². The van der Waals surface area contributed by atoms with Crippen LogP contribution in [0.15, 0.2) is 48.5 Å². The van der Waals surface area contributed by atoms with E-state index in [1.54, 1.807) is 0 Å². The van der Waals surface area contributed by atoms with Crippen LogP contribution in [0.5, 0.6) is 0 Å². The fraction of sp³-hybridized carbons (Fsp3) is 0.409. The number of piperidine rings is 1. The van der Waals surface area contributed by atoms with E-state index in [0.29, 0.717) is 10.9 Å². The van der Waals surface area contributed by atoms with Gasteiger partial charge < -0.3 is 10.0 Å². The standard InChI is InChI=1S/C22H25ClFNO2/c23-20-5-3-18(4-6-20)19(14-22(26)27)15-25-11-9-17(10-12-25)13-16-1-7-21(24)8-2-16/h1-8,17,19H,9-15H2,(H,26,27). The van der Waals surface area contributed by atoms with E-state index < -0.39 is 5.97 Å². The van der Waals surface area contributed by atoms with Crippen LogP contribution in [0, 0.1) is 11.7 Å². The number of benzene rings is 2. The summed E-state index contributed by atoms with van der Waals surface area (Å²) in [7, 11) is 0. The number of carbonyl (C=O) groups is 1. The predicted octanol–water partition coefficient (Wildman–Crippen LogP) is 4.99. The third-order valence-corrected chi connectivity index (χ3v) is 5.64.